The molecule has 1 amide bonds. The Morgan fingerprint density at radius 3 is 2.86 bits per heavy atom. The van der Waals surface area contributed by atoms with Crippen LogP contribution in [-0.4, -0.2) is 45.2 Å². The molecule has 28 heavy (non-hydrogen) atoms. The summed E-state index contributed by atoms with van der Waals surface area (Å²) in [5.74, 6) is 1.71. The van der Waals surface area contributed by atoms with Gasteiger partial charge in [-0.05, 0) is 32.4 Å². The van der Waals surface area contributed by atoms with Gasteiger partial charge in [0.1, 0.15) is 17.2 Å². The lowest BCUT2D eigenvalue weighted by Crippen LogP contribution is -2.36. The first-order chi connectivity index (χ1) is 13.4. The predicted molar refractivity (Wildman–Crippen MR) is 103 cm³/mol. The van der Waals surface area contributed by atoms with Crippen LogP contribution in [0.25, 0.3) is 0 Å². The van der Waals surface area contributed by atoms with Crippen molar-refractivity contribution in [1.82, 2.24) is 20.2 Å². The van der Waals surface area contributed by atoms with Gasteiger partial charge in [0.05, 0.1) is 30.7 Å². The molecule has 2 aliphatic heterocycles. The minimum atomic E-state index is -0.410. The van der Waals surface area contributed by atoms with E-state index >= 15 is 0 Å². The number of nitrogens with zero attached hydrogens (tertiary/aromatic N) is 4. The molecule has 1 fully saturated rings. The topological polar surface area (TPSA) is 92.8 Å². The first kappa shape index (κ1) is 18.6. The quantitative estimate of drug-likeness (QED) is 0.849. The Bertz CT molecular complexity index is 886. The fourth-order valence-corrected chi connectivity index (χ4v) is 3.66. The van der Waals surface area contributed by atoms with Gasteiger partial charge in [0, 0.05) is 32.1 Å². The lowest BCUT2D eigenvalue weighted by Gasteiger charge is -2.21. The number of carbonyl (C=O) groups excluding carboxylic acids is 1. The molecule has 0 aromatic carbocycles. The lowest BCUT2D eigenvalue weighted by molar-refractivity contribution is -0.115. The van der Waals surface area contributed by atoms with Crippen molar-refractivity contribution in [3.63, 3.8) is 0 Å². The third-order valence-corrected chi connectivity index (χ3v) is 5.36. The Labute approximate surface area is 164 Å². The van der Waals surface area contributed by atoms with Gasteiger partial charge < -0.3 is 14.6 Å². The van der Waals surface area contributed by atoms with E-state index in [1.807, 2.05) is 13.8 Å². The van der Waals surface area contributed by atoms with E-state index in [0.29, 0.717) is 24.4 Å². The summed E-state index contributed by atoms with van der Waals surface area (Å²) in [7, 11) is 0. The van der Waals surface area contributed by atoms with Gasteiger partial charge in [-0.1, -0.05) is 5.16 Å². The van der Waals surface area contributed by atoms with Crippen molar-refractivity contribution in [2.24, 2.45) is 5.16 Å². The second-order valence-corrected chi connectivity index (χ2v) is 7.73. The summed E-state index contributed by atoms with van der Waals surface area (Å²) in [6.07, 6.45) is 4.71. The molecule has 0 unspecified atom stereocenters. The van der Waals surface area contributed by atoms with E-state index in [9.17, 15) is 4.79 Å². The monoisotopic (exact) mass is 383 g/mol. The van der Waals surface area contributed by atoms with Crippen molar-refractivity contribution < 1.29 is 14.0 Å². The summed E-state index contributed by atoms with van der Waals surface area (Å²) >= 11 is 0. The van der Waals surface area contributed by atoms with Crippen LogP contribution in [0.1, 0.15) is 41.3 Å². The Morgan fingerprint density at radius 2 is 2.14 bits per heavy atom. The largest absolute Gasteiger partial charge is 0.465 e. The standard InChI is InChI=1S/C20H25N5O3/c1-13-6-17(27-15(13)3)11-25-5-4-20(12-25)7-18(24-28-20)19(26)23-10-16-9-21-14(2)8-22-16/h6,8-9H,4-5,7,10-12H2,1-3H3,(H,23,26)/t20-/m1/s1. The number of carbonyl (C=O) groups is 1. The SMILES string of the molecule is Cc1cnc(CNC(=O)C2=NO[C@]3(CCN(Cc4cc(C)c(C)o4)C3)C2)cn1. The van der Waals surface area contributed by atoms with Gasteiger partial charge in [0.15, 0.2) is 5.60 Å². The van der Waals surface area contributed by atoms with Crippen LogP contribution in [0.4, 0.5) is 0 Å². The number of aromatic nitrogens is 2. The van der Waals surface area contributed by atoms with Crippen LogP contribution in [0.15, 0.2) is 28.0 Å². The van der Waals surface area contributed by atoms with Crippen molar-refractivity contribution in [1.29, 1.82) is 0 Å². The number of nitrogens with one attached hydrogen (secondary N) is 1. The van der Waals surface area contributed by atoms with Gasteiger partial charge in [-0.2, -0.15) is 0 Å². The highest BCUT2D eigenvalue weighted by Crippen LogP contribution is 2.34. The average molecular weight is 383 g/mol. The molecule has 8 heteroatoms. The normalized spacial score (nSPS) is 21.8. The Hall–Kier alpha value is -2.74. The molecule has 2 aromatic rings. The predicted octanol–water partition coefficient (Wildman–Crippen LogP) is 2.03. The van der Waals surface area contributed by atoms with E-state index in [-0.39, 0.29) is 5.91 Å². The maximum absolute atomic E-state index is 12.4. The van der Waals surface area contributed by atoms with Gasteiger partial charge in [-0.3, -0.25) is 19.7 Å². The highest BCUT2D eigenvalue weighted by molar-refractivity contribution is 6.39. The Morgan fingerprint density at radius 1 is 1.29 bits per heavy atom. The van der Waals surface area contributed by atoms with E-state index < -0.39 is 5.60 Å². The number of likely N-dealkylation sites (tertiary alicyclic amines) is 1. The zero-order valence-electron chi connectivity index (χ0n) is 16.5. The van der Waals surface area contributed by atoms with Crippen molar-refractivity contribution in [3.05, 3.63) is 46.9 Å². The van der Waals surface area contributed by atoms with Gasteiger partial charge in [-0.15, -0.1) is 0 Å². The maximum Gasteiger partial charge on any atom is 0.269 e. The van der Waals surface area contributed by atoms with E-state index in [4.69, 9.17) is 9.25 Å². The number of oxime groups is 1. The molecule has 0 bridgehead atoms. The number of furan rings is 1. The zero-order valence-corrected chi connectivity index (χ0v) is 16.5. The van der Waals surface area contributed by atoms with E-state index in [0.717, 1.165) is 43.3 Å². The molecule has 2 aliphatic rings. The van der Waals surface area contributed by atoms with Gasteiger partial charge >= 0.3 is 0 Å². The number of hydrogen-bond acceptors (Lipinski definition) is 7. The summed E-state index contributed by atoms with van der Waals surface area (Å²) in [5.41, 5.74) is 2.75. The fraction of sp³-hybridized carbons (Fsp3) is 0.500. The number of rotatable bonds is 5. The molecule has 1 saturated heterocycles. The smallest absolute Gasteiger partial charge is 0.269 e. The Kier molecular flexibility index (Phi) is 4.89. The first-order valence-electron chi connectivity index (χ1n) is 9.51. The van der Waals surface area contributed by atoms with Crippen molar-refractivity contribution >= 4 is 11.6 Å². The molecule has 1 spiro atoms. The van der Waals surface area contributed by atoms with E-state index in [1.54, 1.807) is 12.4 Å². The molecule has 4 rings (SSSR count). The maximum atomic E-state index is 12.4. The molecule has 0 radical (unpaired) electrons. The highest BCUT2D eigenvalue weighted by Gasteiger charge is 2.46. The van der Waals surface area contributed by atoms with E-state index in [1.165, 1.54) is 5.56 Å². The van der Waals surface area contributed by atoms with Crippen LogP contribution in [0.5, 0.6) is 0 Å². The molecule has 4 heterocycles. The molecule has 8 nitrogen and oxygen atoms in total. The van der Waals surface area contributed by atoms with Gasteiger partial charge in [-0.25, -0.2) is 0 Å². The molecule has 1 atom stereocenters. The molecular weight excluding hydrogens is 358 g/mol. The molecule has 0 saturated carbocycles. The summed E-state index contributed by atoms with van der Waals surface area (Å²) in [6.45, 7) is 8.59. The summed E-state index contributed by atoms with van der Waals surface area (Å²) in [5, 5.41) is 6.92. The highest BCUT2D eigenvalue weighted by atomic mass is 16.7. The second kappa shape index (κ2) is 7.35. The van der Waals surface area contributed by atoms with Gasteiger partial charge in [0.25, 0.3) is 5.91 Å². The number of aryl methyl sites for hydroxylation is 3. The van der Waals surface area contributed by atoms with Crippen molar-refractivity contribution in [2.45, 2.75) is 52.3 Å². The summed E-state index contributed by atoms with van der Waals surface area (Å²) in [6, 6.07) is 2.08. The molecule has 2 aromatic heterocycles. The minimum Gasteiger partial charge on any atom is -0.465 e. The van der Waals surface area contributed by atoms with Crippen LogP contribution in [0.3, 0.4) is 0 Å². The van der Waals surface area contributed by atoms with Crippen LogP contribution < -0.4 is 5.32 Å². The van der Waals surface area contributed by atoms with Crippen molar-refractivity contribution in [2.75, 3.05) is 13.1 Å². The van der Waals surface area contributed by atoms with E-state index in [2.05, 4.69) is 38.3 Å². The van der Waals surface area contributed by atoms with Crippen LogP contribution in [0, 0.1) is 20.8 Å². The van der Waals surface area contributed by atoms with Crippen molar-refractivity contribution in [3.8, 4) is 0 Å². The number of amides is 1. The van der Waals surface area contributed by atoms with Crippen LogP contribution in [-0.2, 0) is 22.7 Å². The first-order valence-corrected chi connectivity index (χ1v) is 9.51. The van der Waals surface area contributed by atoms with Crippen LogP contribution in [0.2, 0.25) is 0 Å². The number of hydrogen-bond donors (Lipinski definition) is 1. The zero-order chi connectivity index (χ0) is 19.7. The van der Waals surface area contributed by atoms with Crippen LogP contribution >= 0.6 is 0 Å². The molecular formula is C20H25N5O3. The molecule has 0 aliphatic carbocycles. The molecule has 1 N–H and O–H groups in total. The second-order valence-electron chi connectivity index (χ2n) is 7.73. The molecule has 148 valence electrons. The summed E-state index contributed by atoms with van der Waals surface area (Å²) in [4.78, 5) is 28.9. The third-order valence-electron chi connectivity index (χ3n) is 5.36. The third kappa shape index (κ3) is 3.91. The average Bonchev–Trinajstić information content (AvgIpc) is 3.35. The summed E-state index contributed by atoms with van der Waals surface area (Å²) < 4.78 is 5.78. The fourth-order valence-electron chi connectivity index (χ4n) is 3.66. The lowest BCUT2D eigenvalue weighted by atomic mass is 9.96. The van der Waals surface area contributed by atoms with Gasteiger partial charge in [0.2, 0.25) is 0 Å². The minimum absolute atomic E-state index is 0.213. The Balaban J connectivity index is 1.29.